The first-order chi connectivity index (χ1) is 17.8. The standard InChI is InChI=1S/C34H43NO2/c1-4-19-34(37)20-18-31-29-16-12-24-21-27(36)15-17-28(24)32(29)30(22-33(31,34)2)23-10-13-26(14-11-23)35(3)25-8-6-5-7-9-25/h10-11,13-14,21,25,29-31,37H,5-9,12,15-18,20,22H2,1-3H3. The molecule has 5 aliphatic carbocycles. The Kier molecular flexibility index (Phi) is 6.39. The van der Waals surface area contributed by atoms with Gasteiger partial charge >= 0.3 is 0 Å². The fourth-order valence-electron chi connectivity index (χ4n) is 9.00. The molecule has 37 heavy (non-hydrogen) atoms. The number of carbonyl (C=O) groups is 1. The summed E-state index contributed by atoms with van der Waals surface area (Å²) < 4.78 is 0. The van der Waals surface area contributed by atoms with E-state index >= 15 is 0 Å². The molecule has 0 bridgehead atoms. The highest BCUT2D eigenvalue weighted by atomic mass is 16.3. The van der Waals surface area contributed by atoms with Gasteiger partial charge in [-0.3, -0.25) is 4.79 Å². The Labute approximate surface area is 223 Å². The van der Waals surface area contributed by atoms with Crippen molar-refractivity contribution in [2.75, 3.05) is 11.9 Å². The van der Waals surface area contributed by atoms with Crippen molar-refractivity contribution in [3.05, 3.63) is 52.6 Å². The molecule has 0 aliphatic heterocycles. The summed E-state index contributed by atoms with van der Waals surface area (Å²) in [6, 6.07) is 10.0. The summed E-state index contributed by atoms with van der Waals surface area (Å²) in [5, 5.41) is 11.9. The highest BCUT2D eigenvalue weighted by Gasteiger charge is 2.62. The van der Waals surface area contributed by atoms with Crippen LogP contribution in [-0.2, 0) is 4.79 Å². The van der Waals surface area contributed by atoms with E-state index in [-0.39, 0.29) is 11.3 Å². The van der Waals surface area contributed by atoms with Crippen molar-refractivity contribution in [1.29, 1.82) is 0 Å². The van der Waals surface area contributed by atoms with Gasteiger partial charge < -0.3 is 10.0 Å². The van der Waals surface area contributed by atoms with Gasteiger partial charge in [-0.15, -0.1) is 5.92 Å². The third kappa shape index (κ3) is 4.02. The number of carbonyl (C=O) groups excluding carboxylic acids is 1. The lowest BCUT2D eigenvalue weighted by atomic mass is 9.51. The molecule has 0 amide bonds. The molecular weight excluding hydrogens is 454 g/mol. The largest absolute Gasteiger partial charge is 0.377 e. The van der Waals surface area contributed by atoms with Gasteiger partial charge in [0.25, 0.3) is 0 Å². The summed E-state index contributed by atoms with van der Waals surface area (Å²) in [6.07, 6.45) is 15.0. The predicted octanol–water partition coefficient (Wildman–Crippen LogP) is 7.11. The molecule has 196 valence electrons. The fraction of sp³-hybridized carbons (Fsp3) is 0.618. The number of rotatable bonds is 3. The minimum absolute atomic E-state index is 0.224. The number of hydrogen-bond donors (Lipinski definition) is 1. The first kappa shape index (κ1) is 25.0. The summed E-state index contributed by atoms with van der Waals surface area (Å²) in [7, 11) is 2.26. The maximum Gasteiger partial charge on any atom is 0.156 e. The zero-order chi connectivity index (χ0) is 25.8. The molecule has 5 atom stereocenters. The molecule has 3 nitrogen and oxygen atoms in total. The molecule has 6 rings (SSSR count). The molecule has 0 aromatic heterocycles. The van der Waals surface area contributed by atoms with E-state index in [0.29, 0.717) is 30.1 Å². The maximum absolute atomic E-state index is 12.3. The second-order valence-corrected chi connectivity index (χ2v) is 12.8. The van der Waals surface area contributed by atoms with E-state index in [1.165, 1.54) is 54.5 Å². The van der Waals surface area contributed by atoms with Crippen molar-refractivity contribution >= 4 is 11.5 Å². The second-order valence-electron chi connectivity index (χ2n) is 12.8. The highest BCUT2D eigenvalue weighted by Crippen LogP contribution is 2.66. The van der Waals surface area contributed by atoms with Crippen LogP contribution in [-0.4, -0.2) is 29.6 Å². The van der Waals surface area contributed by atoms with Gasteiger partial charge in [-0.25, -0.2) is 0 Å². The minimum atomic E-state index is -0.916. The van der Waals surface area contributed by atoms with Gasteiger partial charge in [0.15, 0.2) is 5.78 Å². The molecule has 0 spiro atoms. The zero-order valence-electron chi connectivity index (χ0n) is 23.0. The lowest BCUT2D eigenvalue weighted by molar-refractivity contribution is -0.114. The number of benzene rings is 1. The molecule has 3 saturated carbocycles. The van der Waals surface area contributed by atoms with Gasteiger partial charge in [-0.05, 0) is 105 Å². The van der Waals surface area contributed by atoms with E-state index in [2.05, 4.69) is 55.0 Å². The Morgan fingerprint density at radius 1 is 1.00 bits per heavy atom. The number of ketones is 1. The van der Waals surface area contributed by atoms with E-state index in [0.717, 1.165) is 38.5 Å². The van der Waals surface area contributed by atoms with Gasteiger partial charge in [0.05, 0.1) is 0 Å². The summed E-state index contributed by atoms with van der Waals surface area (Å²) in [4.78, 5) is 14.8. The van der Waals surface area contributed by atoms with Crippen molar-refractivity contribution in [2.24, 2.45) is 17.3 Å². The molecular formula is C34H43NO2. The molecule has 0 saturated heterocycles. The topological polar surface area (TPSA) is 40.5 Å². The van der Waals surface area contributed by atoms with E-state index in [1.807, 2.05) is 13.0 Å². The molecule has 3 fully saturated rings. The molecule has 1 aromatic rings. The van der Waals surface area contributed by atoms with Crippen molar-refractivity contribution in [3.63, 3.8) is 0 Å². The van der Waals surface area contributed by atoms with Crippen LogP contribution in [0.1, 0.15) is 102 Å². The Morgan fingerprint density at radius 2 is 1.76 bits per heavy atom. The van der Waals surface area contributed by atoms with Crippen LogP contribution in [0.4, 0.5) is 5.69 Å². The van der Waals surface area contributed by atoms with Gasteiger partial charge in [-0.1, -0.05) is 49.8 Å². The zero-order valence-corrected chi connectivity index (χ0v) is 23.0. The summed E-state index contributed by atoms with van der Waals surface area (Å²) >= 11 is 0. The third-order valence-corrected chi connectivity index (χ3v) is 11.0. The molecule has 5 unspecified atom stereocenters. The lowest BCUT2D eigenvalue weighted by Crippen LogP contribution is -2.51. The van der Waals surface area contributed by atoms with Crippen LogP contribution in [0.3, 0.4) is 0 Å². The number of nitrogens with zero attached hydrogens (tertiary/aromatic N) is 1. The summed E-state index contributed by atoms with van der Waals surface area (Å²) in [6.45, 7) is 4.19. The average Bonchev–Trinajstić information content (AvgIpc) is 3.18. The van der Waals surface area contributed by atoms with Crippen LogP contribution < -0.4 is 4.90 Å². The number of allylic oxidation sites excluding steroid dienone is 4. The van der Waals surface area contributed by atoms with E-state index in [1.54, 1.807) is 5.57 Å². The SMILES string of the molecule is CC#CC1(O)CCC2C3CCC4=CC(=O)CCC4=C3C(c3ccc(N(C)C4CCCCC4)cc3)CC21C. The summed E-state index contributed by atoms with van der Waals surface area (Å²) in [5.74, 6) is 7.84. The molecule has 5 aliphatic rings. The number of hydrogen-bond acceptors (Lipinski definition) is 3. The molecule has 1 N–H and O–H groups in total. The van der Waals surface area contributed by atoms with Gasteiger partial charge in [0, 0.05) is 36.5 Å². The average molecular weight is 498 g/mol. The normalized spacial score (nSPS) is 35.6. The fourth-order valence-corrected chi connectivity index (χ4v) is 9.00. The van der Waals surface area contributed by atoms with Crippen LogP contribution in [0.2, 0.25) is 0 Å². The second kappa shape index (κ2) is 9.46. The number of aliphatic hydroxyl groups is 1. The van der Waals surface area contributed by atoms with Gasteiger partial charge in [-0.2, -0.15) is 0 Å². The predicted molar refractivity (Wildman–Crippen MR) is 150 cm³/mol. The highest BCUT2D eigenvalue weighted by molar-refractivity contribution is 5.93. The number of anilines is 1. The Hall–Kier alpha value is -2.31. The van der Waals surface area contributed by atoms with Crippen LogP contribution in [0, 0.1) is 29.1 Å². The monoisotopic (exact) mass is 497 g/mol. The van der Waals surface area contributed by atoms with Crippen molar-refractivity contribution in [3.8, 4) is 11.8 Å². The number of fused-ring (bicyclic) bond motifs is 4. The summed E-state index contributed by atoms with van der Waals surface area (Å²) in [5.41, 5.74) is 5.90. The van der Waals surface area contributed by atoms with Crippen LogP contribution in [0.25, 0.3) is 0 Å². The third-order valence-electron chi connectivity index (χ3n) is 11.0. The Balaban J connectivity index is 1.41. The first-order valence-corrected chi connectivity index (χ1v) is 14.8. The van der Waals surface area contributed by atoms with Crippen LogP contribution >= 0.6 is 0 Å². The quantitative estimate of drug-likeness (QED) is 0.453. The maximum atomic E-state index is 12.3. The first-order valence-electron chi connectivity index (χ1n) is 14.8. The van der Waals surface area contributed by atoms with E-state index < -0.39 is 5.60 Å². The Bertz CT molecular complexity index is 1190. The van der Waals surface area contributed by atoms with Gasteiger partial charge in [0.2, 0.25) is 0 Å². The Morgan fingerprint density at radius 3 is 2.49 bits per heavy atom. The molecule has 0 heterocycles. The molecule has 3 heteroatoms. The van der Waals surface area contributed by atoms with Crippen LogP contribution in [0.5, 0.6) is 0 Å². The van der Waals surface area contributed by atoms with Crippen molar-refractivity contribution in [2.45, 2.75) is 108 Å². The van der Waals surface area contributed by atoms with Crippen LogP contribution in [0.15, 0.2) is 47.1 Å². The van der Waals surface area contributed by atoms with Gasteiger partial charge in [0.1, 0.15) is 5.60 Å². The lowest BCUT2D eigenvalue weighted by Gasteiger charge is -2.53. The van der Waals surface area contributed by atoms with E-state index in [4.69, 9.17) is 0 Å². The molecule has 0 radical (unpaired) electrons. The molecule has 1 aromatic carbocycles. The van der Waals surface area contributed by atoms with E-state index in [9.17, 15) is 9.90 Å². The minimum Gasteiger partial charge on any atom is -0.377 e. The smallest absolute Gasteiger partial charge is 0.156 e. The van der Waals surface area contributed by atoms with Crippen molar-refractivity contribution in [1.82, 2.24) is 0 Å². The van der Waals surface area contributed by atoms with Crippen molar-refractivity contribution < 1.29 is 9.90 Å².